The Morgan fingerprint density at radius 2 is 1.82 bits per heavy atom. The second-order valence-corrected chi connectivity index (χ2v) is 7.20. The van der Waals surface area contributed by atoms with Gasteiger partial charge in [0.25, 0.3) is 0 Å². The Morgan fingerprint density at radius 1 is 1.11 bits per heavy atom. The maximum atomic E-state index is 13.3. The molecule has 142 valence electrons. The molecule has 0 radical (unpaired) electrons. The third-order valence-electron chi connectivity index (χ3n) is 5.28. The van der Waals surface area contributed by atoms with Gasteiger partial charge in [0.2, 0.25) is 5.91 Å². The smallest absolute Gasteiger partial charge is 0.226 e. The Kier molecular flexibility index (Phi) is 4.34. The number of aryl methyl sites for hydroxylation is 3. The summed E-state index contributed by atoms with van der Waals surface area (Å²) in [5, 5.41) is 7.35. The maximum Gasteiger partial charge on any atom is 0.226 e. The van der Waals surface area contributed by atoms with Crippen LogP contribution in [0.1, 0.15) is 45.1 Å². The van der Waals surface area contributed by atoms with E-state index in [-0.39, 0.29) is 23.9 Å². The van der Waals surface area contributed by atoms with Gasteiger partial charge in [0, 0.05) is 17.5 Å². The van der Waals surface area contributed by atoms with E-state index in [2.05, 4.69) is 10.4 Å². The standard InChI is InChI=1S/C22H20FN3O2/c1-12-4-5-15(10-13(12)2)21(28)18-11-19(27)24-22-20(18)14(3)25-26(22)17-8-6-16(23)7-9-17/h4-10,18H,11H2,1-3H3,(H,24,27)/t18-/m1/s1. The van der Waals surface area contributed by atoms with Crippen LogP contribution >= 0.6 is 0 Å². The monoisotopic (exact) mass is 377 g/mol. The number of carbonyl (C=O) groups is 2. The number of fused-ring (bicyclic) bond motifs is 1. The second kappa shape index (κ2) is 6.71. The van der Waals surface area contributed by atoms with Crippen molar-refractivity contribution in [3.8, 4) is 5.69 Å². The van der Waals surface area contributed by atoms with E-state index in [0.29, 0.717) is 28.3 Å². The van der Waals surface area contributed by atoms with Gasteiger partial charge < -0.3 is 5.32 Å². The van der Waals surface area contributed by atoms with Crippen molar-refractivity contribution in [1.82, 2.24) is 9.78 Å². The van der Waals surface area contributed by atoms with E-state index in [1.54, 1.807) is 22.9 Å². The summed E-state index contributed by atoms with van der Waals surface area (Å²) in [6.45, 7) is 5.77. The zero-order valence-electron chi connectivity index (χ0n) is 15.9. The van der Waals surface area contributed by atoms with Crippen LogP contribution in [0.3, 0.4) is 0 Å². The number of ketones is 1. The number of nitrogens with zero attached hydrogens (tertiary/aromatic N) is 2. The molecular weight excluding hydrogens is 357 g/mol. The van der Waals surface area contributed by atoms with E-state index in [4.69, 9.17) is 0 Å². The lowest BCUT2D eigenvalue weighted by Crippen LogP contribution is -2.28. The van der Waals surface area contributed by atoms with E-state index in [9.17, 15) is 14.0 Å². The van der Waals surface area contributed by atoms with Crippen molar-refractivity contribution in [1.29, 1.82) is 0 Å². The minimum absolute atomic E-state index is 0.0781. The molecule has 0 saturated carbocycles. The molecule has 0 unspecified atom stereocenters. The van der Waals surface area contributed by atoms with Crippen LogP contribution in [0.15, 0.2) is 42.5 Å². The average molecular weight is 377 g/mol. The highest BCUT2D eigenvalue weighted by Crippen LogP contribution is 2.38. The molecule has 4 rings (SSSR count). The largest absolute Gasteiger partial charge is 0.310 e. The molecule has 1 N–H and O–H groups in total. The lowest BCUT2D eigenvalue weighted by Gasteiger charge is -2.23. The third kappa shape index (κ3) is 3.01. The molecule has 0 bridgehead atoms. The molecule has 0 aliphatic carbocycles. The van der Waals surface area contributed by atoms with Crippen LogP contribution in [-0.2, 0) is 4.79 Å². The number of benzene rings is 2. The maximum absolute atomic E-state index is 13.3. The molecule has 0 spiro atoms. The number of halogens is 1. The van der Waals surface area contributed by atoms with E-state index in [0.717, 1.165) is 11.1 Å². The average Bonchev–Trinajstić information content (AvgIpc) is 3.00. The summed E-state index contributed by atoms with van der Waals surface area (Å²) in [6, 6.07) is 11.4. The number of Topliss-reactive ketones (excluding diaryl/α,β-unsaturated/α-hetero) is 1. The second-order valence-electron chi connectivity index (χ2n) is 7.20. The third-order valence-corrected chi connectivity index (χ3v) is 5.28. The van der Waals surface area contributed by atoms with Crippen LogP contribution in [0.25, 0.3) is 5.69 Å². The van der Waals surface area contributed by atoms with Crippen molar-refractivity contribution >= 4 is 17.5 Å². The molecule has 0 saturated heterocycles. The lowest BCUT2D eigenvalue weighted by molar-refractivity contribution is -0.116. The number of aromatic nitrogens is 2. The fourth-order valence-electron chi connectivity index (χ4n) is 3.64. The predicted octanol–water partition coefficient (Wildman–Crippen LogP) is 4.25. The summed E-state index contributed by atoms with van der Waals surface area (Å²) in [5.74, 6) is -0.810. The molecule has 0 fully saturated rings. The Bertz CT molecular complexity index is 1100. The summed E-state index contributed by atoms with van der Waals surface area (Å²) < 4.78 is 14.8. The lowest BCUT2D eigenvalue weighted by atomic mass is 9.85. The quantitative estimate of drug-likeness (QED) is 0.694. The summed E-state index contributed by atoms with van der Waals surface area (Å²) in [7, 11) is 0. The van der Waals surface area contributed by atoms with Crippen LogP contribution in [0.2, 0.25) is 0 Å². The first kappa shape index (κ1) is 18.1. The molecule has 2 aromatic carbocycles. The molecular formula is C22H20FN3O2. The number of rotatable bonds is 3. The zero-order chi connectivity index (χ0) is 20.0. The molecule has 1 aromatic heterocycles. The first-order chi connectivity index (χ1) is 13.3. The van der Waals surface area contributed by atoms with Crippen molar-refractivity contribution in [2.45, 2.75) is 33.1 Å². The van der Waals surface area contributed by atoms with Gasteiger partial charge in [-0.3, -0.25) is 9.59 Å². The first-order valence-corrected chi connectivity index (χ1v) is 9.12. The van der Waals surface area contributed by atoms with Crippen molar-refractivity contribution in [3.05, 3.63) is 76.2 Å². The molecule has 1 aliphatic rings. The van der Waals surface area contributed by atoms with E-state index in [1.165, 1.54) is 12.1 Å². The molecule has 28 heavy (non-hydrogen) atoms. The number of anilines is 1. The number of hydrogen-bond donors (Lipinski definition) is 1. The predicted molar refractivity (Wildman–Crippen MR) is 104 cm³/mol. The Hall–Kier alpha value is -3.28. The SMILES string of the molecule is Cc1ccc(C(=O)[C@@H]2CC(=O)Nc3c2c(C)nn3-c2ccc(F)cc2)cc1C. The zero-order valence-corrected chi connectivity index (χ0v) is 15.9. The van der Waals surface area contributed by atoms with Gasteiger partial charge >= 0.3 is 0 Å². The number of carbonyl (C=O) groups excluding carboxylic acids is 2. The van der Waals surface area contributed by atoms with Gasteiger partial charge in [-0.1, -0.05) is 12.1 Å². The normalized spacial score (nSPS) is 15.9. The van der Waals surface area contributed by atoms with Gasteiger partial charge in [-0.2, -0.15) is 5.10 Å². The van der Waals surface area contributed by atoms with E-state index >= 15 is 0 Å². The number of hydrogen-bond acceptors (Lipinski definition) is 3. The summed E-state index contributed by atoms with van der Waals surface area (Å²) in [5.41, 5.74) is 4.73. The van der Waals surface area contributed by atoms with Gasteiger partial charge in [0.1, 0.15) is 11.6 Å². The van der Waals surface area contributed by atoms with Gasteiger partial charge in [0.15, 0.2) is 5.78 Å². The van der Waals surface area contributed by atoms with Gasteiger partial charge in [0.05, 0.1) is 17.3 Å². The Morgan fingerprint density at radius 3 is 2.50 bits per heavy atom. The fraction of sp³-hybridized carbons (Fsp3) is 0.227. The highest BCUT2D eigenvalue weighted by molar-refractivity contribution is 6.08. The van der Waals surface area contributed by atoms with Gasteiger partial charge in [-0.05, 0) is 62.2 Å². The van der Waals surface area contributed by atoms with Gasteiger partial charge in [-0.15, -0.1) is 0 Å². The minimum atomic E-state index is -0.597. The molecule has 6 heteroatoms. The molecule has 1 aliphatic heterocycles. The van der Waals surface area contributed by atoms with Crippen molar-refractivity contribution in [2.75, 3.05) is 5.32 Å². The number of nitrogens with one attached hydrogen (secondary N) is 1. The molecule has 1 atom stereocenters. The first-order valence-electron chi connectivity index (χ1n) is 9.12. The number of amides is 1. The fourth-order valence-corrected chi connectivity index (χ4v) is 3.64. The van der Waals surface area contributed by atoms with Crippen LogP contribution in [-0.4, -0.2) is 21.5 Å². The molecule has 2 heterocycles. The molecule has 3 aromatic rings. The summed E-state index contributed by atoms with van der Waals surface area (Å²) >= 11 is 0. The topological polar surface area (TPSA) is 64.0 Å². The van der Waals surface area contributed by atoms with Crippen molar-refractivity contribution < 1.29 is 14.0 Å². The highest BCUT2D eigenvalue weighted by Gasteiger charge is 2.36. The Labute approximate surface area is 162 Å². The Balaban J connectivity index is 1.81. The molecule has 5 nitrogen and oxygen atoms in total. The van der Waals surface area contributed by atoms with E-state index < -0.39 is 5.92 Å². The van der Waals surface area contributed by atoms with Crippen molar-refractivity contribution in [3.63, 3.8) is 0 Å². The minimum Gasteiger partial charge on any atom is -0.310 e. The van der Waals surface area contributed by atoms with Crippen LogP contribution in [0, 0.1) is 26.6 Å². The summed E-state index contributed by atoms with van der Waals surface area (Å²) in [4.78, 5) is 25.6. The van der Waals surface area contributed by atoms with Gasteiger partial charge in [-0.25, -0.2) is 9.07 Å². The summed E-state index contributed by atoms with van der Waals surface area (Å²) in [6.07, 6.45) is 0.0781. The van der Waals surface area contributed by atoms with E-state index in [1.807, 2.05) is 32.9 Å². The van der Waals surface area contributed by atoms with Crippen LogP contribution in [0.5, 0.6) is 0 Å². The van der Waals surface area contributed by atoms with Crippen LogP contribution in [0.4, 0.5) is 10.2 Å². The molecule has 1 amide bonds. The van der Waals surface area contributed by atoms with Crippen LogP contribution < -0.4 is 5.32 Å². The van der Waals surface area contributed by atoms with Crippen molar-refractivity contribution in [2.24, 2.45) is 0 Å². The highest BCUT2D eigenvalue weighted by atomic mass is 19.1.